The SMILES string of the molecule is C=CCn1c(=O)c(C(=O)O)c(N2CCCC2)c2ccc(C)nc21. The number of carbonyl (C=O) groups is 1. The van der Waals surface area contributed by atoms with Crippen LogP contribution in [0.1, 0.15) is 28.9 Å². The first kappa shape index (κ1) is 15.3. The van der Waals surface area contributed by atoms with Crippen LogP contribution in [0.5, 0.6) is 0 Å². The number of carboxylic acids is 1. The summed E-state index contributed by atoms with van der Waals surface area (Å²) < 4.78 is 1.39. The second-order valence-electron chi connectivity index (χ2n) is 5.75. The zero-order chi connectivity index (χ0) is 16.6. The fourth-order valence-corrected chi connectivity index (χ4v) is 3.16. The Kier molecular flexibility index (Phi) is 3.90. The Balaban J connectivity index is 2.45. The number of fused-ring (bicyclic) bond motifs is 1. The van der Waals surface area contributed by atoms with Crippen LogP contribution in [0, 0.1) is 6.92 Å². The van der Waals surface area contributed by atoms with Gasteiger partial charge >= 0.3 is 5.97 Å². The molecule has 0 spiro atoms. The molecule has 3 heterocycles. The first-order valence-electron chi connectivity index (χ1n) is 7.68. The number of hydrogen-bond acceptors (Lipinski definition) is 4. The van der Waals surface area contributed by atoms with Gasteiger partial charge in [0.05, 0.1) is 5.69 Å². The van der Waals surface area contributed by atoms with Crippen molar-refractivity contribution in [3.63, 3.8) is 0 Å². The molecule has 2 aromatic heterocycles. The molecule has 0 radical (unpaired) electrons. The molecular formula is C17H19N3O3. The van der Waals surface area contributed by atoms with Gasteiger partial charge in [-0.25, -0.2) is 9.78 Å². The van der Waals surface area contributed by atoms with Gasteiger partial charge in [-0.1, -0.05) is 6.08 Å². The van der Waals surface area contributed by atoms with Crippen LogP contribution >= 0.6 is 0 Å². The summed E-state index contributed by atoms with van der Waals surface area (Å²) in [6.45, 7) is 7.25. The fourth-order valence-electron chi connectivity index (χ4n) is 3.16. The Hall–Kier alpha value is -2.63. The minimum Gasteiger partial charge on any atom is -0.477 e. The van der Waals surface area contributed by atoms with E-state index >= 15 is 0 Å². The zero-order valence-corrected chi connectivity index (χ0v) is 13.1. The van der Waals surface area contributed by atoms with Crippen molar-refractivity contribution in [2.45, 2.75) is 26.3 Å². The van der Waals surface area contributed by atoms with Gasteiger partial charge in [0, 0.05) is 30.7 Å². The van der Waals surface area contributed by atoms with Crippen molar-refractivity contribution < 1.29 is 9.90 Å². The van der Waals surface area contributed by atoms with Gasteiger partial charge in [0.1, 0.15) is 11.2 Å². The molecule has 2 aromatic rings. The molecule has 0 aromatic carbocycles. The summed E-state index contributed by atoms with van der Waals surface area (Å²) in [4.78, 5) is 31.0. The summed E-state index contributed by atoms with van der Waals surface area (Å²) in [5.41, 5.74) is 1.10. The third-order valence-electron chi connectivity index (χ3n) is 4.17. The van der Waals surface area contributed by atoms with Gasteiger partial charge in [0.2, 0.25) is 0 Å². The molecule has 1 aliphatic rings. The smallest absolute Gasteiger partial charge is 0.343 e. The number of anilines is 1. The Morgan fingerprint density at radius 2 is 2.09 bits per heavy atom. The predicted molar refractivity (Wildman–Crippen MR) is 89.3 cm³/mol. The normalized spacial score (nSPS) is 14.4. The molecule has 0 unspecified atom stereocenters. The van der Waals surface area contributed by atoms with E-state index in [-0.39, 0.29) is 12.1 Å². The molecule has 1 saturated heterocycles. The maximum atomic E-state index is 12.8. The first-order chi connectivity index (χ1) is 11.0. The molecular weight excluding hydrogens is 294 g/mol. The van der Waals surface area contributed by atoms with E-state index in [4.69, 9.17) is 0 Å². The fraction of sp³-hybridized carbons (Fsp3) is 0.353. The van der Waals surface area contributed by atoms with Crippen molar-refractivity contribution in [2.75, 3.05) is 18.0 Å². The highest BCUT2D eigenvalue weighted by Gasteiger charge is 2.27. The third-order valence-corrected chi connectivity index (χ3v) is 4.17. The van der Waals surface area contributed by atoms with Crippen LogP contribution in [-0.4, -0.2) is 33.7 Å². The van der Waals surface area contributed by atoms with E-state index < -0.39 is 11.5 Å². The number of carboxylic acid groups (broad SMARTS) is 1. The van der Waals surface area contributed by atoms with Gasteiger partial charge in [0.15, 0.2) is 0 Å². The Morgan fingerprint density at radius 3 is 2.70 bits per heavy atom. The standard InChI is InChI=1S/C17H19N3O3/c1-3-8-20-15-12(7-6-11(2)18-15)14(19-9-4-5-10-19)13(16(20)21)17(22)23/h3,6-7H,1,4-5,8-10H2,2H3,(H,22,23). The van der Waals surface area contributed by atoms with Gasteiger partial charge in [-0.3, -0.25) is 9.36 Å². The van der Waals surface area contributed by atoms with Crippen LogP contribution in [-0.2, 0) is 6.54 Å². The van der Waals surface area contributed by atoms with Crippen molar-refractivity contribution >= 4 is 22.7 Å². The van der Waals surface area contributed by atoms with E-state index in [2.05, 4.69) is 11.6 Å². The number of rotatable bonds is 4. The lowest BCUT2D eigenvalue weighted by Gasteiger charge is -2.23. The highest BCUT2D eigenvalue weighted by molar-refractivity contribution is 6.04. The van der Waals surface area contributed by atoms with E-state index in [1.54, 1.807) is 6.08 Å². The van der Waals surface area contributed by atoms with Crippen LogP contribution in [0.25, 0.3) is 11.0 Å². The summed E-state index contributed by atoms with van der Waals surface area (Å²) in [5.74, 6) is -1.20. The predicted octanol–water partition coefficient (Wildman–Crippen LogP) is 2.19. The summed E-state index contributed by atoms with van der Waals surface area (Å²) in [5, 5.41) is 10.3. The second kappa shape index (κ2) is 5.87. The van der Waals surface area contributed by atoms with E-state index in [1.807, 2.05) is 24.0 Å². The van der Waals surface area contributed by atoms with Crippen molar-refractivity contribution in [3.8, 4) is 0 Å². The van der Waals surface area contributed by atoms with Crippen molar-refractivity contribution in [3.05, 3.63) is 46.4 Å². The third kappa shape index (κ3) is 2.50. The van der Waals surface area contributed by atoms with E-state index in [9.17, 15) is 14.7 Å². The molecule has 1 fully saturated rings. The first-order valence-corrected chi connectivity index (χ1v) is 7.68. The molecule has 1 N–H and O–H groups in total. The Labute approximate surface area is 133 Å². The van der Waals surface area contributed by atoms with Crippen molar-refractivity contribution in [1.29, 1.82) is 0 Å². The molecule has 6 nitrogen and oxygen atoms in total. The number of allylic oxidation sites excluding steroid dienone is 1. The largest absolute Gasteiger partial charge is 0.477 e. The maximum absolute atomic E-state index is 12.8. The molecule has 0 aliphatic carbocycles. The van der Waals surface area contributed by atoms with Crippen LogP contribution in [0.2, 0.25) is 0 Å². The zero-order valence-electron chi connectivity index (χ0n) is 13.1. The highest BCUT2D eigenvalue weighted by atomic mass is 16.4. The monoisotopic (exact) mass is 313 g/mol. The average Bonchev–Trinajstić information content (AvgIpc) is 3.03. The van der Waals surface area contributed by atoms with Gasteiger partial charge < -0.3 is 10.0 Å². The van der Waals surface area contributed by atoms with Crippen LogP contribution < -0.4 is 10.5 Å². The van der Waals surface area contributed by atoms with Gasteiger partial charge in [-0.2, -0.15) is 0 Å². The Bertz CT molecular complexity index is 848. The van der Waals surface area contributed by atoms with Crippen LogP contribution in [0.4, 0.5) is 5.69 Å². The molecule has 0 bridgehead atoms. The lowest BCUT2D eigenvalue weighted by molar-refractivity contribution is 0.0695. The van der Waals surface area contributed by atoms with E-state index in [1.165, 1.54) is 4.57 Å². The Morgan fingerprint density at radius 1 is 1.39 bits per heavy atom. The summed E-state index contributed by atoms with van der Waals surface area (Å²) in [6, 6.07) is 3.70. The van der Waals surface area contributed by atoms with Gasteiger partial charge in [-0.05, 0) is 31.9 Å². The number of pyridine rings is 2. The molecule has 0 saturated carbocycles. The quantitative estimate of drug-likeness (QED) is 0.876. The second-order valence-corrected chi connectivity index (χ2v) is 5.75. The number of aryl methyl sites for hydroxylation is 1. The topological polar surface area (TPSA) is 75.4 Å². The van der Waals surface area contributed by atoms with Crippen molar-refractivity contribution in [1.82, 2.24) is 9.55 Å². The molecule has 6 heteroatoms. The number of hydrogen-bond donors (Lipinski definition) is 1. The molecule has 0 atom stereocenters. The highest BCUT2D eigenvalue weighted by Crippen LogP contribution is 2.31. The molecule has 23 heavy (non-hydrogen) atoms. The van der Waals surface area contributed by atoms with Crippen molar-refractivity contribution in [2.24, 2.45) is 0 Å². The lowest BCUT2D eigenvalue weighted by Crippen LogP contribution is -2.32. The van der Waals surface area contributed by atoms with E-state index in [0.717, 1.165) is 31.6 Å². The minimum absolute atomic E-state index is 0.174. The molecule has 0 amide bonds. The van der Waals surface area contributed by atoms with Crippen LogP contribution in [0.3, 0.4) is 0 Å². The molecule has 1 aliphatic heterocycles. The molecule has 3 rings (SSSR count). The number of aromatic carboxylic acids is 1. The van der Waals surface area contributed by atoms with Gasteiger partial charge in [-0.15, -0.1) is 6.58 Å². The van der Waals surface area contributed by atoms with E-state index in [0.29, 0.717) is 16.7 Å². The number of aromatic nitrogens is 2. The number of nitrogens with zero attached hydrogens (tertiary/aromatic N) is 3. The molecule has 120 valence electrons. The summed E-state index contributed by atoms with van der Waals surface area (Å²) in [7, 11) is 0. The average molecular weight is 313 g/mol. The summed E-state index contributed by atoms with van der Waals surface area (Å²) in [6.07, 6.45) is 3.57. The minimum atomic E-state index is -1.20. The maximum Gasteiger partial charge on any atom is 0.343 e. The lowest BCUT2D eigenvalue weighted by atomic mass is 10.1. The summed E-state index contributed by atoms with van der Waals surface area (Å²) >= 11 is 0. The van der Waals surface area contributed by atoms with Crippen LogP contribution in [0.15, 0.2) is 29.6 Å². The van der Waals surface area contributed by atoms with Gasteiger partial charge in [0.25, 0.3) is 5.56 Å².